The fourth-order valence-electron chi connectivity index (χ4n) is 2.94. The Kier molecular flexibility index (Phi) is 5.33. The SMILES string of the molecule is CC(C)C(O)CCNC(=O)Nc1cccc(-c2nnc3n2CCC3)c1. The van der Waals surface area contributed by atoms with Gasteiger partial charge in [-0.2, -0.15) is 0 Å². The van der Waals surface area contributed by atoms with Crippen molar-refractivity contribution in [2.45, 2.75) is 45.8 Å². The summed E-state index contributed by atoms with van der Waals surface area (Å²) in [7, 11) is 0. The maximum absolute atomic E-state index is 12.0. The first-order valence-corrected chi connectivity index (χ1v) is 8.80. The molecule has 25 heavy (non-hydrogen) atoms. The highest BCUT2D eigenvalue weighted by Gasteiger charge is 2.18. The monoisotopic (exact) mass is 343 g/mol. The van der Waals surface area contributed by atoms with Gasteiger partial charge in [0.15, 0.2) is 5.82 Å². The van der Waals surface area contributed by atoms with Crippen molar-refractivity contribution < 1.29 is 9.90 Å². The second kappa shape index (κ2) is 7.65. The molecule has 0 aliphatic carbocycles. The lowest BCUT2D eigenvalue weighted by Crippen LogP contribution is -2.32. The summed E-state index contributed by atoms with van der Waals surface area (Å²) in [5, 5.41) is 23.9. The second-order valence-corrected chi connectivity index (χ2v) is 6.76. The van der Waals surface area contributed by atoms with Gasteiger partial charge in [0, 0.05) is 30.8 Å². The summed E-state index contributed by atoms with van der Waals surface area (Å²) in [5.41, 5.74) is 1.64. The number of amides is 2. The Bertz CT molecular complexity index is 741. The highest BCUT2D eigenvalue weighted by Crippen LogP contribution is 2.25. The van der Waals surface area contributed by atoms with Crippen molar-refractivity contribution in [1.29, 1.82) is 0 Å². The number of nitrogens with one attached hydrogen (secondary N) is 2. The number of aliphatic hydroxyl groups is 1. The van der Waals surface area contributed by atoms with E-state index in [9.17, 15) is 9.90 Å². The maximum Gasteiger partial charge on any atom is 0.319 e. The normalized spacial score (nSPS) is 14.4. The summed E-state index contributed by atoms with van der Waals surface area (Å²) in [6.07, 6.45) is 2.20. The van der Waals surface area contributed by atoms with E-state index in [1.165, 1.54) is 0 Å². The molecule has 3 N–H and O–H groups in total. The van der Waals surface area contributed by atoms with Crippen molar-refractivity contribution in [2.24, 2.45) is 5.92 Å². The average Bonchev–Trinajstić information content (AvgIpc) is 3.18. The molecule has 134 valence electrons. The lowest BCUT2D eigenvalue weighted by molar-refractivity contribution is 0.117. The summed E-state index contributed by atoms with van der Waals surface area (Å²) in [6, 6.07) is 7.33. The van der Waals surface area contributed by atoms with Crippen LogP contribution in [0.25, 0.3) is 11.4 Å². The molecule has 7 nitrogen and oxygen atoms in total. The molecule has 1 aliphatic rings. The van der Waals surface area contributed by atoms with E-state index in [2.05, 4.69) is 25.4 Å². The van der Waals surface area contributed by atoms with Crippen molar-refractivity contribution in [3.8, 4) is 11.4 Å². The first-order valence-electron chi connectivity index (χ1n) is 8.80. The molecule has 0 saturated carbocycles. The van der Waals surface area contributed by atoms with Gasteiger partial charge < -0.3 is 20.3 Å². The van der Waals surface area contributed by atoms with Gasteiger partial charge in [-0.3, -0.25) is 0 Å². The summed E-state index contributed by atoms with van der Waals surface area (Å²) < 4.78 is 2.13. The molecule has 2 amide bonds. The van der Waals surface area contributed by atoms with Crippen LogP contribution in [-0.2, 0) is 13.0 Å². The zero-order chi connectivity index (χ0) is 17.8. The number of nitrogens with zero attached hydrogens (tertiary/aromatic N) is 3. The van der Waals surface area contributed by atoms with E-state index in [1.807, 2.05) is 38.1 Å². The fourth-order valence-corrected chi connectivity index (χ4v) is 2.94. The molecule has 1 unspecified atom stereocenters. The predicted molar refractivity (Wildman–Crippen MR) is 96.3 cm³/mol. The van der Waals surface area contributed by atoms with Crippen molar-refractivity contribution in [1.82, 2.24) is 20.1 Å². The van der Waals surface area contributed by atoms with Crippen LogP contribution in [0.1, 0.15) is 32.5 Å². The van der Waals surface area contributed by atoms with Gasteiger partial charge in [-0.1, -0.05) is 26.0 Å². The van der Waals surface area contributed by atoms with E-state index in [-0.39, 0.29) is 11.9 Å². The number of hydrogen-bond acceptors (Lipinski definition) is 4. The van der Waals surface area contributed by atoms with Gasteiger partial charge in [-0.05, 0) is 30.9 Å². The number of carbonyl (C=O) groups excluding carboxylic acids is 1. The third-order valence-corrected chi connectivity index (χ3v) is 4.48. The number of rotatable bonds is 6. The molecule has 0 spiro atoms. The van der Waals surface area contributed by atoms with Crippen molar-refractivity contribution >= 4 is 11.7 Å². The molecule has 0 saturated heterocycles. The van der Waals surface area contributed by atoms with Gasteiger partial charge in [0.25, 0.3) is 0 Å². The predicted octanol–water partition coefficient (Wildman–Crippen LogP) is 2.42. The Morgan fingerprint density at radius 3 is 3.00 bits per heavy atom. The number of hydrogen-bond donors (Lipinski definition) is 3. The second-order valence-electron chi connectivity index (χ2n) is 6.76. The molecule has 0 radical (unpaired) electrons. The third-order valence-electron chi connectivity index (χ3n) is 4.48. The summed E-state index contributed by atoms with van der Waals surface area (Å²) >= 11 is 0. The Labute approximate surface area is 147 Å². The molecule has 2 heterocycles. The number of carbonyl (C=O) groups is 1. The maximum atomic E-state index is 12.0. The van der Waals surface area contributed by atoms with Crippen molar-refractivity contribution in [3.05, 3.63) is 30.1 Å². The van der Waals surface area contributed by atoms with Crippen LogP contribution in [0, 0.1) is 5.92 Å². The summed E-state index contributed by atoms with van der Waals surface area (Å²) in [5.74, 6) is 2.05. The van der Waals surface area contributed by atoms with Crippen LogP contribution in [0.5, 0.6) is 0 Å². The summed E-state index contributed by atoms with van der Waals surface area (Å²) in [4.78, 5) is 12.0. The number of aromatic nitrogens is 3. The topological polar surface area (TPSA) is 92.1 Å². The quantitative estimate of drug-likeness (QED) is 0.751. The van der Waals surface area contributed by atoms with Gasteiger partial charge in [0.1, 0.15) is 5.82 Å². The molecular formula is C18H25N5O2. The molecule has 7 heteroatoms. The van der Waals surface area contributed by atoms with Crippen LogP contribution in [-0.4, -0.2) is 38.6 Å². The van der Waals surface area contributed by atoms with Crippen LogP contribution in [0.4, 0.5) is 10.5 Å². The summed E-state index contributed by atoms with van der Waals surface area (Å²) in [6.45, 7) is 5.28. The average molecular weight is 343 g/mol. The third kappa shape index (κ3) is 4.17. The minimum absolute atomic E-state index is 0.187. The van der Waals surface area contributed by atoms with Gasteiger partial charge >= 0.3 is 6.03 Å². The van der Waals surface area contributed by atoms with E-state index < -0.39 is 6.10 Å². The lowest BCUT2D eigenvalue weighted by atomic mass is 10.0. The van der Waals surface area contributed by atoms with Crippen molar-refractivity contribution in [2.75, 3.05) is 11.9 Å². The molecule has 0 bridgehead atoms. The standard InChI is InChI=1S/C18H25N5O2/c1-12(2)15(24)8-9-19-18(25)20-14-6-3-5-13(11-14)17-22-21-16-7-4-10-23(16)17/h3,5-6,11-12,15,24H,4,7-10H2,1-2H3,(H2,19,20,25). The largest absolute Gasteiger partial charge is 0.393 e. The zero-order valence-corrected chi connectivity index (χ0v) is 14.7. The Morgan fingerprint density at radius 1 is 1.36 bits per heavy atom. The van der Waals surface area contributed by atoms with Crippen LogP contribution < -0.4 is 10.6 Å². The first-order chi connectivity index (χ1) is 12.0. The van der Waals surface area contributed by atoms with E-state index >= 15 is 0 Å². The Morgan fingerprint density at radius 2 is 2.20 bits per heavy atom. The van der Waals surface area contributed by atoms with Gasteiger partial charge in [0.2, 0.25) is 0 Å². The van der Waals surface area contributed by atoms with E-state index in [1.54, 1.807) is 0 Å². The first kappa shape index (κ1) is 17.4. The minimum atomic E-state index is -0.404. The van der Waals surface area contributed by atoms with Crippen LogP contribution >= 0.6 is 0 Å². The van der Waals surface area contributed by atoms with E-state index in [0.717, 1.165) is 36.6 Å². The molecule has 0 fully saturated rings. The zero-order valence-electron chi connectivity index (χ0n) is 14.7. The number of aliphatic hydroxyl groups excluding tert-OH is 1. The molecule has 1 aromatic heterocycles. The van der Waals surface area contributed by atoms with Crippen LogP contribution in [0.3, 0.4) is 0 Å². The fraction of sp³-hybridized carbons (Fsp3) is 0.500. The van der Waals surface area contributed by atoms with Gasteiger partial charge in [-0.25, -0.2) is 4.79 Å². The highest BCUT2D eigenvalue weighted by molar-refractivity contribution is 5.89. The number of urea groups is 1. The van der Waals surface area contributed by atoms with E-state index in [0.29, 0.717) is 18.7 Å². The molecular weight excluding hydrogens is 318 g/mol. The van der Waals surface area contributed by atoms with Gasteiger partial charge in [0.05, 0.1) is 6.10 Å². The van der Waals surface area contributed by atoms with Gasteiger partial charge in [-0.15, -0.1) is 10.2 Å². The van der Waals surface area contributed by atoms with Crippen LogP contribution in [0.2, 0.25) is 0 Å². The number of benzene rings is 1. The number of anilines is 1. The molecule has 2 aromatic rings. The smallest absolute Gasteiger partial charge is 0.319 e. The van der Waals surface area contributed by atoms with Crippen molar-refractivity contribution in [3.63, 3.8) is 0 Å². The number of fused-ring (bicyclic) bond motifs is 1. The van der Waals surface area contributed by atoms with Crippen LogP contribution in [0.15, 0.2) is 24.3 Å². The molecule has 3 rings (SSSR count). The number of aryl methyl sites for hydroxylation is 1. The minimum Gasteiger partial charge on any atom is -0.393 e. The Hall–Kier alpha value is -2.41. The molecule has 1 aromatic carbocycles. The lowest BCUT2D eigenvalue weighted by Gasteiger charge is -2.15. The highest BCUT2D eigenvalue weighted by atomic mass is 16.3. The van der Waals surface area contributed by atoms with E-state index in [4.69, 9.17) is 0 Å². The Balaban J connectivity index is 1.59. The molecule has 1 aliphatic heterocycles. The molecule has 1 atom stereocenters.